The van der Waals surface area contributed by atoms with Crippen molar-refractivity contribution in [2.75, 3.05) is 34.7 Å². The molecular weight excluding hydrogens is 274 g/mol. The molecule has 1 aromatic rings. The van der Waals surface area contributed by atoms with Crippen LogP contribution in [0.4, 0.5) is 0 Å². The number of aromatic nitrogens is 1. The van der Waals surface area contributed by atoms with Gasteiger partial charge in [0.25, 0.3) is 0 Å². The van der Waals surface area contributed by atoms with E-state index < -0.39 is 0 Å². The topological polar surface area (TPSA) is 35.8 Å². The predicted molar refractivity (Wildman–Crippen MR) is 93.1 cm³/mol. The summed E-state index contributed by atoms with van der Waals surface area (Å²) in [6.45, 7) is 1.82. The molecule has 0 amide bonds. The molecule has 1 aromatic heterocycles. The summed E-state index contributed by atoms with van der Waals surface area (Å²) in [5.74, 6) is 0.967. The fourth-order valence-corrected chi connectivity index (χ4v) is 3.42. The first-order chi connectivity index (χ1) is 10.5. The van der Waals surface area contributed by atoms with Gasteiger partial charge in [-0.25, -0.2) is 0 Å². The highest BCUT2D eigenvalue weighted by Gasteiger charge is 2.36. The maximum Gasteiger partial charge on any atom is 0.193 e. The Balaban J connectivity index is 1.96. The van der Waals surface area contributed by atoms with E-state index in [1.165, 1.54) is 31.4 Å². The Labute approximate surface area is 135 Å². The number of nitrogens with one attached hydrogen (secondary N) is 1. The van der Waals surface area contributed by atoms with Gasteiger partial charge in [0.1, 0.15) is 0 Å². The second-order valence-electron chi connectivity index (χ2n) is 6.69. The van der Waals surface area contributed by atoms with Crippen LogP contribution in [0.2, 0.25) is 0 Å². The van der Waals surface area contributed by atoms with Crippen molar-refractivity contribution in [1.82, 2.24) is 19.7 Å². The highest BCUT2D eigenvalue weighted by atomic mass is 15.3. The first kappa shape index (κ1) is 16.9. The van der Waals surface area contributed by atoms with Gasteiger partial charge >= 0.3 is 0 Å². The Kier molecular flexibility index (Phi) is 5.51. The minimum atomic E-state index is 0.280. The summed E-state index contributed by atoms with van der Waals surface area (Å²) in [5.41, 5.74) is 1.57. The van der Waals surface area contributed by atoms with Gasteiger partial charge in [-0.3, -0.25) is 4.99 Å². The molecule has 0 bridgehead atoms. The van der Waals surface area contributed by atoms with Gasteiger partial charge in [0, 0.05) is 45.1 Å². The van der Waals surface area contributed by atoms with Gasteiger partial charge < -0.3 is 19.7 Å². The number of rotatable bonds is 5. The van der Waals surface area contributed by atoms with Gasteiger partial charge in [0.2, 0.25) is 0 Å². The Morgan fingerprint density at radius 3 is 2.50 bits per heavy atom. The fourth-order valence-electron chi connectivity index (χ4n) is 3.42. The molecule has 0 aromatic carbocycles. The Morgan fingerprint density at radius 2 is 2.00 bits per heavy atom. The van der Waals surface area contributed by atoms with Crippen LogP contribution in [0.1, 0.15) is 31.4 Å². The quantitative estimate of drug-likeness (QED) is 0.667. The van der Waals surface area contributed by atoms with Crippen LogP contribution in [0.3, 0.4) is 0 Å². The molecule has 22 heavy (non-hydrogen) atoms. The van der Waals surface area contributed by atoms with Crippen LogP contribution >= 0.6 is 0 Å². The van der Waals surface area contributed by atoms with Gasteiger partial charge in [0.15, 0.2) is 5.96 Å². The molecule has 0 atom stereocenters. The molecule has 1 aliphatic rings. The summed E-state index contributed by atoms with van der Waals surface area (Å²) in [7, 11) is 10.4. The van der Waals surface area contributed by atoms with E-state index in [-0.39, 0.29) is 5.54 Å². The van der Waals surface area contributed by atoms with E-state index >= 15 is 0 Å². The number of nitrogens with zero attached hydrogens (tertiary/aromatic N) is 4. The highest BCUT2D eigenvalue weighted by molar-refractivity contribution is 5.79. The summed E-state index contributed by atoms with van der Waals surface area (Å²) in [6, 6.07) is 4.24. The zero-order valence-corrected chi connectivity index (χ0v) is 14.8. The molecule has 1 saturated carbocycles. The predicted octanol–water partition coefficient (Wildman–Crippen LogP) is 1.91. The number of aliphatic imine (C=N–C) groups is 1. The molecule has 5 nitrogen and oxygen atoms in total. The van der Waals surface area contributed by atoms with E-state index in [2.05, 4.69) is 71.2 Å². The van der Waals surface area contributed by atoms with Crippen molar-refractivity contribution in [2.24, 2.45) is 12.0 Å². The SMILES string of the molecule is CN=C(NCC1(N(C)C)CCCC1)N(C)Cc1cccn1C. The molecule has 1 aliphatic carbocycles. The highest BCUT2D eigenvalue weighted by Crippen LogP contribution is 2.33. The zero-order valence-electron chi connectivity index (χ0n) is 14.8. The van der Waals surface area contributed by atoms with Gasteiger partial charge in [-0.05, 0) is 39.1 Å². The van der Waals surface area contributed by atoms with Crippen LogP contribution in [-0.4, -0.2) is 60.6 Å². The van der Waals surface area contributed by atoms with Crippen molar-refractivity contribution in [3.63, 3.8) is 0 Å². The second-order valence-corrected chi connectivity index (χ2v) is 6.69. The molecule has 1 N–H and O–H groups in total. The summed E-state index contributed by atoms with van der Waals surface area (Å²) in [5, 5.41) is 3.59. The largest absolute Gasteiger partial charge is 0.354 e. The van der Waals surface area contributed by atoms with Crippen molar-refractivity contribution in [3.05, 3.63) is 24.0 Å². The summed E-state index contributed by atoms with van der Waals surface area (Å²) < 4.78 is 2.15. The standard InChI is InChI=1S/C17H31N5/c1-18-16(22(5)13-15-9-8-12-21(15)4)19-14-17(20(2)3)10-6-7-11-17/h8-9,12H,6-7,10-11,13-14H2,1-5H3,(H,18,19). The van der Waals surface area contributed by atoms with Crippen LogP contribution in [-0.2, 0) is 13.6 Å². The number of guanidine groups is 1. The monoisotopic (exact) mass is 305 g/mol. The van der Waals surface area contributed by atoms with Gasteiger partial charge in [0.05, 0.1) is 6.54 Å². The van der Waals surface area contributed by atoms with E-state index in [1.807, 2.05) is 7.05 Å². The van der Waals surface area contributed by atoms with Crippen molar-refractivity contribution in [3.8, 4) is 0 Å². The molecule has 2 rings (SSSR count). The molecule has 0 spiro atoms. The molecule has 1 heterocycles. The average molecular weight is 305 g/mol. The van der Waals surface area contributed by atoms with E-state index in [1.54, 1.807) is 0 Å². The van der Waals surface area contributed by atoms with Crippen LogP contribution in [0.15, 0.2) is 23.3 Å². The van der Waals surface area contributed by atoms with E-state index in [0.29, 0.717) is 0 Å². The van der Waals surface area contributed by atoms with Crippen molar-refractivity contribution in [2.45, 2.75) is 37.8 Å². The molecule has 1 fully saturated rings. The molecule has 0 aliphatic heterocycles. The van der Waals surface area contributed by atoms with Gasteiger partial charge in [-0.15, -0.1) is 0 Å². The summed E-state index contributed by atoms with van der Waals surface area (Å²) in [6.07, 6.45) is 7.28. The van der Waals surface area contributed by atoms with Crippen molar-refractivity contribution >= 4 is 5.96 Å². The van der Waals surface area contributed by atoms with Gasteiger partial charge in [-0.2, -0.15) is 0 Å². The smallest absolute Gasteiger partial charge is 0.193 e. The fraction of sp³-hybridized carbons (Fsp3) is 0.706. The maximum absolute atomic E-state index is 4.45. The lowest BCUT2D eigenvalue weighted by Gasteiger charge is -2.37. The molecule has 0 radical (unpaired) electrons. The lowest BCUT2D eigenvalue weighted by molar-refractivity contribution is 0.159. The summed E-state index contributed by atoms with van der Waals surface area (Å²) in [4.78, 5) is 9.03. The Hall–Kier alpha value is -1.49. The molecule has 0 saturated heterocycles. The van der Waals surface area contributed by atoms with Crippen LogP contribution in [0, 0.1) is 0 Å². The maximum atomic E-state index is 4.45. The Morgan fingerprint density at radius 1 is 1.32 bits per heavy atom. The summed E-state index contributed by atoms with van der Waals surface area (Å²) >= 11 is 0. The van der Waals surface area contributed by atoms with E-state index in [4.69, 9.17) is 0 Å². The van der Waals surface area contributed by atoms with E-state index in [9.17, 15) is 0 Å². The second kappa shape index (κ2) is 7.18. The first-order valence-corrected chi connectivity index (χ1v) is 8.18. The van der Waals surface area contributed by atoms with Crippen LogP contribution in [0.25, 0.3) is 0 Å². The lowest BCUT2D eigenvalue weighted by Crippen LogP contribution is -2.53. The Bertz CT molecular complexity index is 497. The zero-order chi connectivity index (χ0) is 16.2. The van der Waals surface area contributed by atoms with Crippen LogP contribution < -0.4 is 5.32 Å². The normalized spacial score (nSPS) is 18.0. The number of hydrogen-bond donors (Lipinski definition) is 1. The molecular formula is C17H31N5. The molecule has 5 heteroatoms. The van der Waals surface area contributed by atoms with Crippen molar-refractivity contribution < 1.29 is 0 Å². The van der Waals surface area contributed by atoms with E-state index in [0.717, 1.165) is 19.0 Å². The third-order valence-electron chi connectivity index (χ3n) is 5.08. The minimum Gasteiger partial charge on any atom is -0.354 e. The third-order valence-corrected chi connectivity index (χ3v) is 5.08. The molecule has 0 unspecified atom stereocenters. The van der Waals surface area contributed by atoms with Crippen molar-refractivity contribution in [1.29, 1.82) is 0 Å². The minimum absolute atomic E-state index is 0.280. The first-order valence-electron chi connectivity index (χ1n) is 8.18. The number of aryl methyl sites for hydroxylation is 1. The van der Waals surface area contributed by atoms with Crippen LogP contribution in [0.5, 0.6) is 0 Å². The third kappa shape index (κ3) is 3.64. The average Bonchev–Trinajstić information content (AvgIpc) is 3.10. The lowest BCUT2D eigenvalue weighted by atomic mass is 9.96. The molecule has 124 valence electrons. The number of hydrogen-bond acceptors (Lipinski definition) is 2. The van der Waals surface area contributed by atoms with Gasteiger partial charge in [-0.1, -0.05) is 12.8 Å². The number of likely N-dealkylation sites (N-methyl/N-ethyl adjacent to an activating group) is 1.